The molecule has 0 saturated carbocycles. The van der Waals surface area contributed by atoms with Gasteiger partial charge in [-0.1, -0.05) is 0 Å². The fourth-order valence-electron chi connectivity index (χ4n) is 2.34. The Bertz CT molecular complexity index is 504. The highest BCUT2D eigenvalue weighted by Crippen LogP contribution is 2.20. The van der Waals surface area contributed by atoms with Crippen molar-refractivity contribution in [3.05, 3.63) is 12.4 Å². The Labute approximate surface area is 126 Å². The van der Waals surface area contributed by atoms with Crippen LogP contribution in [0.4, 0.5) is 23.7 Å². The number of rotatable bonds is 5. The zero-order valence-electron chi connectivity index (χ0n) is 12.3. The van der Waals surface area contributed by atoms with E-state index < -0.39 is 12.7 Å². The smallest absolute Gasteiger partial charge is 0.381 e. The van der Waals surface area contributed by atoms with Crippen LogP contribution in [0.15, 0.2) is 12.4 Å². The van der Waals surface area contributed by atoms with Crippen LogP contribution in [-0.4, -0.2) is 53.2 Å². The number of carbonyl (C=O) groups excluding carboxylic acids is 1. The third-order valence-electron chi connectivity index (χ3n) is 3.36. The summed E-state index contributed by atoms with van der Waals surface area (Å²) in [4.78, 5) is 13.7. The molecule has 1 aliphatic heterocycles. The van der Waals surface area contributed by atoms with Crippen molar-refractivity contribution in [3.63, 3.8) is 0 Å². The third-order valence-corrected chi connectivity index (χ3v) is 3.36. The maximum Gasteiger partial charge on any atom is 0.408 e. The summed E-state index contributed by atoms with van der Waals surface area (Å²) in [6.07, 6.45) is -1.11. The van der Waals surface area contributed by atoms with Gasteiger partial charge < -0.3 is 15.0 Å². The van der Waals surface area contributed by atoms with Gasteiger partial charge in [-0.3, -0.25) is 4.68 Å². The fourth-order valence-corrected chi connectivity index (χ4v) is 2.34. The van der Waals surface area contributed by atoms with Crippen LogP contribution >= 0.6 is 0 Å². The lowest BCUT2D eigenvalue weighted by atomic mass is 10.1. The van der Waals surface area contributed by atoms with E-state index in [4.69, 9.17) is 4.74 Å². The van der Waals surface area contributed by atoms with Crippen molar-refractivity contribution < 1.29 is 22.7 Å². The predicted molar refractivity (Wildman–Crippen MR) is 73.5 cm³/mol. The van der Waals surface area contributed by atoms with Gasteiger partial charge >= 0.3 is 12.2 Å². The molecule has 124 valence electrons. The lowest BCUT2D eigenvalue weighted by molar-refractivity contribution is -0.142. The molecule has 0 aliphatic carbocycles. The Morgan fingerprint density at radius 2 is 2.32 bits per heavy atom. The maximum atomic E-state index is 12.2. The lowest BCUT2D eigenvalue weighted by Gasteiger charge is -2.16. The van der Waals surface area contributed by atoms with E-state index in [9.17, 15) is 18.0 Å². The summed E-state index contributed by atoms with van der Waals surface area (Å²) in [7, 11) is 0. The molecule has 1 fully saturated rings. The SMILES string of the molecule is CCOCC1CCN(C(=O)Nc2cnn(CC(F)(F)F)c2)C1. The zero-order valence-corrected chi connectivity index (χ0v) is 12.3. The number of amides is 2. The molecule has 1 saturated heterocycles. The molecule has 1 aromatic rings. The first-order valence-corrected chi connectivity index (χ1v) is 7.10. The van der Waals surface area contributed by atoms with Gasteiger partial charge in [-0.15, -0.1) is 0 Å². The fraction of sp³-hybridized carbons (Fsp3) is 0.692. The molecule has 2 heterocycles. The summed E-state index contributed by atoms with van der Waals surface area (Å²) in [5.41, 5.74) is 0.252. The first-order chi connectivity index (χ1) is 10.4. The molecule has 22 heavy (non-hydrogen) atoms. The molecular formula is C13H19F3N4O2. The van der Waals surface area contributed by atoms with E-state index in [1.165, 1.54) is 12.4 Å². The quantitative estimate of drug-likeness (QED) is 0.906. The van der Waals surface area contributed by atoms with Gasteiger partial charge in [-0.2, -0.15) is 18.3 Å². The molecule has 1 atom stereocenters. The molecule has 9 heteroatoms. The van der Waals surface area contributed by atoms with Crippen molar-refractivity contribution in [2.75, 3.05) is 31.6 Å². The molecule has 0 radical (unpaired) electrons. The molecule has 1 unspecified atom stereocenters. The van der Waals surface area contributed by atoms with E-state index in [1.807, 2.05) is 6.92 Å². The van der Waals surface area contributed by atoms with Gasteiger partial charge in [-0.05, 0) is 13.3 Å². The average molecular weight is 320 g/mol. The summed E-state index contributed by atoms with van der Waals surface area (Å²) < 4.78 is 42.8. The number of nitrogens with zero attached hydrogens (tertiary/aromatic N) is 3. The second kappa shape index (κ2) is 6.99. The van der Waals surface area contributed by atoms with E-state index in [0.29, 0.717) is 32.2 Å². The number of ether oxygens (including phenoxy) is 1. The van der Waals surface area contributed by atoms with E-state index in [-0.39, 0.29) is 11.7 Å². The first-order valence-electron chi connectivity index (χ1n) is 7.10. The van der Waals surface area contributed by atoms with Gasteiger partial charge in [-0.25, -0.2) is 4.79 Å². The number of halogens is 3. The molecular weight excluding hydrogens is 301 g/mol. The van der Waals surface area contributed by atoms with Crippen molar-refractivity contribution in [2.45, 2.75) is 26.1 Å². The largest absolute Gasteiger partial charge is 0.408 e. The number of anilines is 1. The van der Waals surface area contributed by atoms with Crippen LogP contribution < -0.4 is 5.32 Å². The van der Waals surface area contributed by atoms with Crippen LogP contribution in [0.2, 0.25) is 0 Å². The summed E-state index contributed by atoms with van der Waals surface area (Å²) in [6, 6.07) is -0.328. The molecule has 2 amide bonds. The molecule has 0 bridgehead atoms. The minimum Gasteiger partial charge on any atom is -0.381 e. The number of likely N-dealkylation sites (tertiary alicyclic amines) is 1. The molecule has 6 nitrogen and oxygen atoms in total. The second-order valence-corrected chi connectivity index (χ2v) is 5.23. The highest BCUT2D eigenvalue weighted by Gasteiger charge is 2.29. The number of nitrogens with one attached hydrogen (secondary N) is 1. The molecule has 0 spiro atoms. The van der Waals surface area contributed by atoms with Gasteiger partial charge in [0.05, 0.1) is 18.5 Å². The van der Waals surface area contributed by atoms with E-state index >= 15 is 0 Å². The van der Waals surface area contributed by atoms with E-state index in [0.717, 1.165) is 11.1 Å². The summed E-state index contributed by atoms with van der Waals surface area (Å²) >= 11 is 0. The number of hydrogen-bond acceptors (Lipinski definition) is 3. The van der Waals surface area contributed by atoms with Crippen LogP contribution in [0.3, 0.4) is 0 Å². The standard InChI is InChI=1S/C13H19F3N4O2/c1-2-22-8-10-3-4-19(6-10)12(21)18-11-5-17-20(7-11)9-13(14,15)16/h5,7,10H,2-4,6,8-9H2,1H3,(H,18,21). The Kier molecular flexibility index (Phi) is 5.28. The van der Waals surface area contributed by atoms with Crippen LogP contribution in [0.1, 0.15) is 13.3 Å². The Hall–Kier alpha value is -1.77. The maximum absolute atomic E-state index is 12.2. The molecule has 0 aromatic carbocycles. The van der Waals surface area contributed by atoms with Crippen molar-refractivity contribution in [1.29, 1.82) is 0 Å². The normalized spacial score (nSPS) is 18.7. The van der Waals surface area contributed by atoms with E-state index in [2.05, 4.69) is 10.4 Å². The Morgan fingerprint density at radius 1 is 1.55 bits per heavy atom. The summed E-state index contributed by atoms with van der Waals surface area (Å²) in [5, 5.41) is 6.14. The third kappa shape index (κ3) is 4.90. The number of aromatic nitrogens is 2. The van der Waals surface area contributed by atoms with Gasteiger partial charge in [0.25, 0.3) is 0 Å². The van der Waals surface area contributed by atoms with Crippen molar-refractivity contribution in [3.8, 4) is 0 Å². The summed E-state index contributed by atoms with van der Waals surface area (Å²) in [5.74, 6) is 0.304. The van der Waals surface area contributed by atoms with E-state index in [1.54, 1.807) is 4.90 Å². The van der Waals surface area contributed by atoms with Crippen molar-refractivity contribution >= 4 is 11.7 Å². The van der Waals surface area contributed by atoms with Gasteiger partial charge in [0.2, 0.25) is 0 Å². The highest BCUT2D eigenvalue weighted by molar-refractivity contribution is 5.89. The Morgan fingerprint density at radius 3 is 3.00 bits per heavy atom. The number of carbonyl (C=O) groups is 1. The van der Waals surface area contributed by atoms with Crippen LogP contribution in [0, 0.1) is 5.92 Å². The number of hydrogen-bond donors (Lipinski definition) is 1. The monoisotopic (exact) mass is 320 g/mol. The van der Waals surface area contributed by atoms with Gasteiger partial charge in [0, 0.05) is 31.8 Å². The Balaban J connectivity index is 1.82. The predicted octanol–water partition coefficient (Wildman–Crippen LogP) is 2.34. The molecule has 2 rings (SSSR count). The molecule has 1 aromatic heterocycles. The van der Waals surface area contributed by atoms with Crippen LogP contribution in [-0.2, 0) is 11.3 Å². The average Bonchev–Trinajstić information content (AvgIpc) is 3.04. The van der Waals surface area contributed by atoms with Crippen molar-refractivity contribution in [2.24, 2.45) is 5.92 Å². The number of urea groups is 1. The minimum absolute atomic E-state index is 0.252. The lowest BCUT2D eigenvalue weighted by Crippen LogP contribution is -2.33. The van der Waals surface area contributed by atoms with Crippen LogP contribution in [0.25, 0.3) is 0 Å². The molecule has 1 N–H and O–H groups in total. The number of alkyl halides is 3. The van der Waals surface area contributed by atoms with Gasteiger partial charge in [0.15, 0.2) is 0 Å². The minimum atomic E-state index is -4.34. The van der Waals surface area contributed by atoms with Crippen LogP contribution in [0.5, 0.6) is 0 Å². The zero-order chi connectivity index (χ0) is 16.2. The first kappa shape index (κ1) is 16.6. The second-order valence-electron chi connectivity index (χ2n) is 5.23. The summed E-state index contributed by atoms with van der Waals surface area (Å²) in [6.45, 7) is 3.19. The highest BCUT2D eigenvalue weighted by atomic mass is 19.4. The van der Waals surface area contributed by atoms with Gasteiger partial charge in [0.1, 0.15) is 6.54 Å². The topological polar surface area (TPSA) is 59.4 Å². The van der Waals surface area contributed by atoms with Crippen molar-refractivity contribution in [1.82, 2.24) is 14.7 Å². The molecule has 1 aliphatic rings.